The van der Waals surface area contributed by atoms with Crippen LogP contribution in [-0.2, 0) is 15.0 Å². The summed E-state index contributed by atoms with van der Waals surface area (Å²) in [5.41, 5.74) is 4.45. The number of amides is 3. The van der Waals surface area contributed by atoms with Crippen molar-refractivity contribution < 1.29 is 24.2 Å². The lowest BCUT2D eigenvalue weighted by atomic mass is 9.81. The minimum absolute atomic E-state index is 0.00711. The van der Waals surface area contributed by atoms with Gasteiger partial charge in [-0.05, 0) is 92.8 Å². The molecule has 4 aromatic rings. The largest absolute Gasteiger partial charge is 0.483 e. The van der Waals surface area contributed by atoms with Gasteiger partial charge in [-0.25, -0.2) is 4.99 Å². The second-order valence-electron chi connectivity index (χ2n) is 13.6. The predicted octanol–water partition coefficient (Wildman–Crippen LogP) is 8.65. The lowest BCUT2D eigenvalue weighted by Gasteiger charge is -2.26. The van der Waals surface area contributed by atoms with Crippen molar-refractivity contribution in [1.82, 2.24) is 5.32 Å². The van der Waals surface area contributed by atoms with Crippen LogP contribution in [-0.4, -0.2) is 60.7 Å². The van der Waals surface area contributed by atoms with E-state index in [0.29, 0.717) is 30.2 Å². The molecule has 3 amide bonds. The maximum Gasteiger partial charge on any atom is 0.301 e. The molecule has 3 N–H and O–H groups in total. The molecule has 0 radical (unpaired) electrons. The Morgan fingerprint density at radius 1 is 0.964 bits per heavy atom. The fraction of sp³-hybridized carbons (Fsp3) is 0.293. The van der Waals surface area contributed by atoms with Crippen molar-refractivity contribution in [1.29, 1.82) is 0 Å². The summed E-state index contributed by atoms with van der Waals surface area (Å²) in [5.74, 6) is -1.24. The zero-order valence-electron chi connectivity index (χ0n) is 31.5. The lowest BCUT2D eigenvalue weighted by Crippen LogP contribution is -2.37. The van der Waals surface area contributed by atoms with Crippen molar-refractivity contribution in [3.8, 4) is 5.75 Å². The number of likely N-dealkylation sites (N-methyl/N-ethyl adjacent to an activating group) is 1. The minimum atomic E-state index is -0.694. The van der Waals surface area contributed by atoms with Crippen molar-refractivity contribution in [2.75, 3.05) is 41.5 Å². The molecule has 0 saturated carbocycles. The summed E-state index contributed by atoms with van der Waals surface area (Å²) in [4.78, 5) is 47.4. The highest BCUT2D eigenvalue weighted by molar-refractivity contribution is 6.72. The Morgan fingerprint density at radius 2 is 1.69 bits per heavy atom. The normalized spacial score (nSPS) is 13.6. The smallest absolute Gasteiger partial charge is 0.301 e. The molecule has 55 heavy (non-hydrogen) atoms. The molecule has 0 unspecified atom stereocenters. The topological polar surface area (TPSA) is 136 Å². The molecule has 0 fully saturated rings. The third-order valence-corrected chi connectivity index (χ3v) is 10.1. The summed E-state index contributed by atoms with van der Waals surface area (Å²) < 4.78 is 5.97. The van der Waals surface area contributed by atoms with E-state index in [9.17, 15) is 19.5 Å². The number of rotatable bonds is 13. The molecule has 5 rings (SSSR count). The fourth-order valence-electron chi connectivity index (χ4n) is 5.89. The van der Waals surface area contributed by atoms with E-state index in [2.05, 4.69) is 47.6 Å². The molecule has 0 aliphatic carbocycles. The number of aliphatic hydroxyl groups is 1. The van der Waals surface area contributed by atoms with Crippen LogP contribution >= 0.6 is 34.8 Å². The van der Waals surface area contributed by atoms with Crippen LogP contribution in [0.5, 0.6) is 5.75 Å². The second-order valence-corrected chi connectivity index (χ2v) is 14.9. The fourth-order valence-corrected chi connectivity index (χ4v) is 6.86. The third-order valence-electron chi connectivity index (χ3n) is 9.29. The van der Waals surface area contributed by atoms with Gasteiger partial charge in [-0.1, -0.05) is 79.3 Å². The number of nitrogens with zero attached hydrogens (tertiary/aromatic N) is 4. The number of hydrogen-bond donors (Lipinski definition) is 3. The van der Waals surface area contributed by atoms with Gasteiger partial charge < -0.3 is 25.4 Å². The highest BCUT2D eigenvalue weighted by Gasteiger charge is 2.37. The van der Waals surface area contributed by atoms with Crippen LogP contribution in [0.25, 0.3) is 0 Å². The first kappa shape index (κ1) is 41.2. The van der Waals surface area contributed by atoms with Gasteiger partial charge in [-0.15, -0.1) is 5.10 Å². The molecule has 0 aromatic heterocycles. The predicted molar refractivity (Wildman–Crippen MR) is 222 cm³/mol. The number of halogens is 3. The number of hydrogen-bond acceptors (Lipinski definition) is 8. The molecule has 11 nitrogen and oxygen atoms in total. The van der Waals surface area contributed by atoms with Gasteiger partial charge in [0.25, 0.3) is 11.8 Å². The van der Waals surface area contributed by atoms with E-state index in [1.165, 1.54) is 18.2 Å². The SMILES string of the molecule is CCN(CCO)c1ccc(N=C2C(=O)N(c3c(Cl)cc(Cl)cc3Cl)N=C2NC(=O)c2cccc(NC(=O)COc3ccc(C)cc3C(C)(C)CC)c2)c(C)c1. The number of ether oxygens (including phenoxy) is 1. The van der Waals surface area contributed by atoms with Crippen molar-refractivity contribution in [3.63, 3.8) is 0 Å². The van der Waals surface area contributed by atoms with Gasteiger partial charge in [0.1, 0.15) is 11.4 Å². The van der Waals surface area contributed by atoms with Crippen molar-refractivity contribution in [3.05, 3.63) is 110 Å². The summed E-state index contributed by atoms with van der Waals surface area (Å²) in [6, 6.07) is 20.5. The maximum absolute atomic E-state index is 14.0. The van der Waals surface area contributed by atoms with Crippen molar-refractivity contribution in [2.45, 2.75) is 53.4 Å². The van der Waals surface area contributed by atoms with Crippen LogP contribution in [0.15, 0.2) is 82.9 Å². The molecule has 0 saturated heterocycles. The quantitative estimate of drug-likeness (QED) is 0.124. The van der Waals surface area contributed by atoms with Gasteiger partial charge in [-0.2, -0.15) is 5.01 Å². The molecule has 1 heterocycles. The highest BCUT2D eigenvalue weighted by atomic mass is 35.5. The van der Waals surface area contributed by atoms with Crippen LogP contribution in [0.1, 0.15) is 61.2 Å². The number of amidine groups is 1. The molecule has 0 spiro atoms. The zero-order valence-corrected chi connectivity index (χ0v) is 33.7. The average molecular weight is 806 g/mol. The lowest BCUT2D eigenvalue weighted by molar-refractivity contribution is -0.118. The molecule has 1 aliphatic rings. The Labute approximate surface area is 335 Å². The number of hydrazone groups is 1. The van der Waals surface area contributed by atoms with E-state index >= 15 is 0 Å². The highest BCUT2D eigenvalue weighted by Crippen LogP contribution is 2.39. The molecular weight excluding hydrogens is 763 g/mol. The molecule has 14 heteroatoms. The first-order chi connectivity index (χ1) is 26.1. The summed E-state index contributed by atoms with van der Waals surface area (Å²) in [5, 5.41) is 20.7. The van der Waals surface area contributed by atoms with E-state index in [0.717, 1.165) is 33.8 Å². The number of carbonyl (C=O) groups excluding carboxylic acids is 3. The zero-order chi connectivity index (χ0) is 40.0. The van der Waals surface area contributed by atoms with Crippen molar-refractivity contribution >= 4 is 86.8 Å². The summed E-state index contributed by atoms with van der Waals surface area (Å²) in [6.45, 7) is 13.1. The van der Waals surface area contributed by atoms with Gasteiger partial charge in [0.2, 0.25) is 0 Å². The Morgan fingerprint density at radius 3 is 2.35 bits per heavy atom. The number of aliphatic hydroxyl groups excluding tert-OH is 1. The van der Waals surface area contributed by atoms with Crippen molar-refractivity contribution in [2.24, 2.45) is 10.1 Å². The molecule has 0 atom stereocenters. The van der Waals surface area contributed by atoms with E-state index in [-0.39, 0.29) is 56.5 Å². The van der Waals surface area contributed by atoms with Gasteiger partial charge in [0.05, 0.1) is 22.3 Å². The Balaban J connectivity index is 1.40. The van der Waals surface area contributed by atoms with Crippen LogP contribution in [0.2, 0.25) is 15.1 Å². The molecular formula is C41H43Cl3N6O5. The Kier molecular flexibility index (Phi) is 13.3. The monoisotopic (exact) mass is 804 g/mol. The Bertz CT molecular complexity index is 2160. The van der Waals surface area contributed by atoms with E-state index < -0.39 is 17.7 Å². The summed E-state index contributed by atoms with van der Waals surface area (Å²) >= 11 is 19.1. The standard InChI is InChI=1S/C41H43Cl3N6O5/c1-7-41(5,6)30-18-24(3)12-15-34(30)55-23-35(52)45-28-11-9-10-26(20-28)39(53)47-38-36(40(54)50(48-38)37-31(43)21-27(42)22-32(37)44)46-33-14-13-29(19-25(33)4)49(8-2)16-17-51/h9-15,18-22,51H,7-8,16-17,23H2,1-6H3,(H,45,52)(H,47,48,53). The summed E-state index contributed by atoms with van der Waals surface area (Å²) in [6.07, 6.45) is 0.888. The number of aryl methyl sites for hydroxylation is 2. The van der Waals surface area contributed by atoms with E-state index in [1.807, 2.05) is 49.9 Å². The first-order valence-electron chi connectivity index (χ1n) is 17.7. The van der Waals surface area contributed by atoms with Gasteiger partial charge in [-0.3, -0.25) is 14.4 Å². The van der Waals surface area contributed by atoms with Crippen LogP contribution in [0.3, 0.4) is 0 Å². The maximum atomic E-state index is 14.0. The molecule has 1 aliphatic heterocycles. The van der Waals surface area contributed by atoms with Gasteiger partial charge in [0.15, 0.2) is 18.2 Å². The van der Waals surface area contributed by atoms with E-state index in [1.54, 1.807) is 24.3 Å². The Hall–Kier alpha value is -4.94. The number of nitrogens with one attached hydrogen (secondary N) is 2. The van der Waals surface area contributed by atoms with Crippen LogP contribution in [0, 0.1) is 13.8 Å². The first-order valence-corrected chi connectivity index (χ1v) is 18.9. The second kappa shape index (κ2) is 17.7. The summed E-state index contributed by atoms with van der Waals surface area (Å²) in [7, 11) is 0. The van der Waals surface area contributed by atoms with Gasteiger partial charge >= 0.3 is 5.91 Å². The molecule has 4 aromatic carbocycles. The number of aliphatic imine (C=N–C) groups is 1. The number of anilines is 3. The van der Waals surface area contributed by atoms with E-state index in [4.69, 9.17) is 39.5 Å². The third kappa shape index (κ3) is 9.66. The molecule has 288 valence electrons. The van der Waals surface area contributed by atoms with Crippen LogP contribution in [0.4, 0.5) is 22.7 Å². The van der Waals surface area contributed by atoms with Gasteiger partial charge in [0, 0.05) is 40.6 Å². The number of carbonyl (C=O) groups is 3. The average Bonchev–Trinajstić information content (AvgIpc) is 3.43. The molecule has 0 bridgehead atoms. The minimum Gasteiger partial charge on any atom is -0.483 e. The number of benzene rings is 4. The van der Waals surface area contributed by atoms with Crippen LogP contribution < -0.4 is 25.3 Å².